The Kier molecular flexibility index (Phi) is 3.92. The summed E-state index contributed by atoms with van der Waals surface area (Å²) < 4.78 is 5.49. The first-order chi connectivity index (χ1) is 11.7. The molecule has 4 aliphatic rings. The summed E-state index contributed by atoms with van der Waals surface area (Å²) >= 11 is 0. The Labute approximate surface area is 152 Å². The van der Waals surface area contributed by atoms with Gasteiger partial charge in [-0.05, 0) is 68.1 Å². The van der Waals surface area contributed by atoms with E-state index in [1.807, 2.05) is 0 Å². The summed E-state index contributed by atoms with van der Waals surface area (Å²) in [4.78, 5) is 11.4. The van der Waals surface area contributed by atoms with E-state index in [1.54, 1.807) is 0 Å². The fourth-order valence-corrected chi connectivity index (χ4v) is 7.83. The summed E-state index contributed by atoms with van der Waals surface area (Å²) in [5, 5.41) is 11.3. The van der Waals surface area contributed by atoms with Crippen LogP contribution in [0, 0.1) is 34.0 Å². The minimum Gasteiger partial charge on any atom is -0.465 e. The molecule has 0 heterocycles. The van der Waals surface area contributed by atoms with Crippen LogP contribution < -0.4 is 0 Å². The van der Waals surface area contributed by atoms with Crippen molar-refractivity contribution in [1.82, 2.24) is 0 Å². The van der Waals surface area contributed by atoms with Gasteiger partial charge in [0.25, 0.3) is 0 Å². The molecular formula is C22H34O3. The minimum absolute atomic E-state index is 0.00623. The molecule has 4 saturated carbocycles. The largest absolute Gasteiger partial charge is 0.465 e. The van der Waals surface area contributed by atoms with Crippen molar-refractivity contribution < 1.29 is 14.6 Å². The second-order valence-electron chi connectivity index (χ2n) is 10.2. The lowest BCUT2D eigenvalue weighted by atomic mass is 9.40. The van der Waals surface area contributed by atoms with Gasteiger partial charge in [-0.1, -0.05) is 32.4 Å². The molecule has 140 valence electrons. The smallest absolute Gasteiger partial charge is 0.302 e. The molecular weight excluding hydrogens is 312 g/mol. The maximum atomic E-state index is 11.4. The molecule has 0 aromatic heterocycles. The van der Waals surface area contributed by atoms with Crippen molar-refractivity contribution in [2.24, 2.45) is 34.0 Å². The highest BCUT2D eigenvalue weighted by Gasteiger charge is 2.66. The molecule has 2 bridgehead atoms. The van der Waals surface area contributed by atoms with Crippen LogP contribution in [-0.2, 0) is 9.53 Å². The lowest BCUT2D eigenvalue weighted by Gasteiger charge is -2.65. The summed E-state index contributed by atoms with van der Waals surface area (Å²) in [5.41, 5.74) is 1.71. The van der Waals surface area contributed by atoms with Gasteiger partial charge >= 0.3 is 5.97 Å². The van der Waals surface area contributed by atoms with E-state index in [0.717, 1.165) is 25.7 Å². The number of hydrogen-bond donors (Lipinski definition) is 1. The Balaban J connectivity index is 1.69. The lowest BCUT2D eigenvalue weighted by molar-refractivity contribution is -0.208. The lowest BCUT2D eigenvalue weighted by Crippen LogP contribution is -2.62. The predicted molar refractivity (Wildman–Crippen MR) is 97.8 cm³/mol. The van der Waals surface area contributed by atoms with Crippen molar-refractivity contribution in [3.63, 3.8) is 0 Å². The Bertz CT molecular complexity index is 598. The zero-order valence-corrected chi connectivity index (χ0v) is 16.1. The number of aliphatic hydroxyl groups is 1. The Morgan fingerprint density at radius 2 is 2.04 bits per heavy atom. The summed E-state index contributed by atoms with van der Waals surface area (Å²) in [7, 11) is 0. The molecule has 0 saturated heterocycles. The van der Waals surface area contributed by atoms with Crippen LogP contribution in [0.2, 0.25) is 0 Å². The summed E-state index contributed by atoms with van der Waals surface area (Å²) in [5.74, 6) is 1.47. The van der Waals surface area contributed by atoms with Crippen molar-refractivity contribution in [1.29, 1.82) is 0 Å². The predicted octanol–water partition coefficient (Wildman–Crippen LogP) is 4.49. The number of carbonyl (C=O) groups excluding carboxylic acids is 1. The fourth-order valence-electron chi connectivity index (χ4n) is 7.83. The molecule has 25 heavy (non-hydrogen) atoms. The van der Waals surface area contributed by atoms with E-state index < -0.39 is 0 Å². The van der Waals surface area contributed by atoms with Gasteiger partial charge in [0.05, 0.1) is 12.7 Å². The molecule has 0 unspecified atom stereocenters. The molecule has 4 aliphatic carbocycles. The van der Waals surface area contributed by atoms with Gasteiger partial charge in [0.15, 0.2) is 0 Å². The van der Waals surface area contributed by atoms with Gasteiger partial charge in [0.2, 0.25) is 0 Å². The SMILES string of the molecule is C=C1C[C@@]23C[C@@H]1CC[C@@H]2[C@@]1(C)CCC[C@@](C)(COC(C)=O)[C@@H]1C[C@H]3O. The maximum Gasteiger partial charge on any atom is 0.302 e. The van der Waals surface area contributed by atoms with E-state index in [1.165, 1.54) is 38.2 Å². The zero-order valence-electron chi connectivity index (χ0n) is 16.1. The van der Waals surface area contributed by atoms with Crippen LogP contribution in [0.5, 0.6) is 0 Å². The topological polar surface area (TPSA) is 46.5 Å². The third-order valence-electron chi connectivity index (χ3n) is 8.88. The third-order valence-corrected chi connectivity index (χ3v) is 8.88. The van der Waals surface area contributed by atoms with E-state index in [-0.39, 0.29) is 28.3 Å². The molecule has 4 rings (SSSR count). The number of hydrogen-bond acceptors (Lipinski definition) is 3. The molecule has 3 nitrogen and oxygen atoms in total. The molecule has 0 aliphatic heterocycles. The number of rotatable bonds is 2. The summed E-state index contributed by atoms with van der Waals surface area (Å²) in [6.07, 6.45) is 8.87. The van der Waals surface area contributed by atoms with Gasteiger partial charge in [0.1, 0.15) is 0 Å². The van der Waals surface area contributed by atoms with E-state index in [4.69, 9.17) is 4.74 Å². The molecule has 0 amide bonds. The molecule has 3 heteroatoms. The second-order valence-corrected chi connectivity index (χ2v) is 10.2. The normalized spacial score (nSPS) is 51.6. The number of aliphatic hydroxyl groups excluding tert-OH is 1. The van der Waals surface area contributed by atoms with Crippen LogP contribution in [0.15, 0.2) is 12.2 Å². The number of fused-ring (bicyclic) bond motifs is 3. The van der Waals surface area contributed by atoms with Crippen LogP contribution >= 0.6 is 0 Å². The van der Waals surface area contributed by atoms with Crippen molar-refractivity contribution in [2.45, 2.75) is 78.2 Å². The van der Waals surface area contributed by atoms with Crippen LogP contribution in [0.25, 0.3) is 0 Å². The molecule has 1 spiro atoms. The molecule has 0 radical (unpaired) electrons. The first-order valence-corrected chi connectivity index (χ1v) is 10.2. The van der Waals surface area contributed by atoms with Gasteiger partial charge in [-0.25, -0.2) is 0 Å². The Morgan fingerprint density at radius 1 is 1.28 bits per heavy atom. The molecule has 1 N–H and O–H groups in total. The molecule has 4 fully saturated rings. The first kappa shape index (κ1) is 17.6. The number of allylic oxidation sites excluding steroid dienone is 1. The number of ether oxygens (including phenoxy) is 1. The minimum atomic E-state index is -0.229. The van der Waals surface area contributed by atoms with Crippen LogP contribution in [-0.4, -0.2) is 23.8 Å². The monoisotopic (exact) mass is 346 g/mol. The number of carbonyl (C=O) groups is 1. The van der Waals surface area contributed by atoms with Crippen LogP contribution in [0.4, 0.5) is 0 Å². The van der Waals surface area contributed by atoms with Crippen molar-refractivity contribution in [3.8, 4) is 0 Å². The summed E-state index contributed by atoms with van der Waals surface area (Å²) in [6, 6.07) is 0. The van der Waals surface area contributed by atoms with E-state index in [9.17, 15) is 9.90 Å². The quantitative estimate of drug-likeness (QED) is 0.592. The molecule has 0 aromatic carbocycles. The number of esters is 1. The van der Waals surface area contributed by atoms with Gasteiger partial charge in [-0.2, -0.15) is 0 Å². The second kappa shape index (κ2) is 5.58. The van der Waals surface area contributed by atoms with Crippen molar-refractivity contribution in [2.75, 3.05) is 6.61 Å². The van der Waals surface area contributed by atoms with Gasteiger partial charge in [-0.15, -0.1) is 0 Å². The van der Waals surface area contributed by atoms with Crippen LogP contribution in [0.3, 0.4) is 0 Å². The molecule has 7 atom stereocenters. The Hall–Kier alpha value is -0.830. The highest BCUT2D eigenvalue weighted by atomic mass is 16.5. The highest BCUT2D eigenvalue weighted by Crippen LogP contribution is 2.72. The Morgan fingerprint density at radius 3 is 2.76 bits per heavy atom. The zero-order chi connectivity index (χ0) is 18.0. The van der Waals surface area contributed by atoms with Gasteiger partial charge < -0.3 is 9.84 Å². The fraction of sp³-hybridized carbons (Fsp3) is 0.864. The van der Waals surface area contributed by atoms with Crippen molar-refractivity contribution >= 4 is 5.97 Å². The highest BCUT2D eigenvalue weighted by molar-refractivity contribution is 5.65. The van der Waals surface area contributed by atoms with Crippen LogP contribution in [0.1, 0.15) is 72.1 Å². The van der Waals surface area contributed by atoms with Gasteiger partial charge in [0, 0.05) is 17.8 Å². The van der Waals surface area contributed by atoms with E-state index in [2.05, 4.69) is 20.4 Å². The standard InChI is InChI=1S/C22H34O3/c1-14-11-22-12-16(14)6-7-17(22)21(4)9-5-8-20(3,13-25-15(2)23)18(21)10-19(22)24/h16-19,24H,1,5-13H2,2-4H3/t16-,17+,18-,19+,20-,21+,22+/m0/s1. The molecule has 0 aromatic rings. The van der Waals surface area contributed by atoms with Crippen molar-refractivity contribution in [3.05, 3.63) is 12.2 Å². The summed E-state index contributed by atoms with van der Waals surface area (Å²) in [6.45, 7) is 11.1. The average molecular weight is 347 g/mol. The van der Waals surface area contributed by atoms with E-state index in [0.29, 0.717) is 24.4 Å². The first-order valence-electron chi connectivity index (χ1n) is 10.2. The van der Waals surface area contributed by atoms with Gasteiger partial charge in [-0.3, -0.25) is 4.79 Å². The maximum absolute atomic E-state index is 11.4. The van der Waals surface area contributed by atoms with E-state index >= 15 is 0 Å². The third kappa shape index (κ3) is 2.37. The average Bonchev–Trinajstić information content (AvgIpc) is 2.79.